The molecule has 0 aliphatic carbocycles. The zero-order valence-electron chi connectivity index (χ0n) is 16.2. The van der Waals surface area contributed by atoms with Gasteiger partial charge in [0, 0.05) is 44.8 Å². The molecule has 0 spiro atoms. The summed E-state index contributed by atoms with van der Waals surface area (Å²) in [6.45, 7) is 6.95. The summed E-state index contributed by atoms with van der Waals surface area (Å²) in [5.74, 6) is 0.233. The summed E-state index contributed by atoms with van der Waals surface area (Å²) < 4.78 is 27.7. The first kappa shape index (κ1) is 19.8. The van der Waals surface area contributed by atoms with Gasteiger partial charge in [0.25, 0.3) is 6.43 Å². The molecule has 3 heterocycles. The fourth-order valence-corrected chi connectivity index (χ4v) is 3.86. The number of rotatable bonds is 5. The number of alkyl halides is 2. The van der Waals surface area contributed by atoms with Crippen LogP contribution in [-0.2, 0) is 7.05 Å². The van der Waals surface area contributed by atoms with Crippen LogP contribution < -0.4 is 10.2 Å². The zero-order chi connectivity index (χ0) is 20.5. The van der Waals surface area contributed by atoms with Crippen LogP contribution in [-0.4, -0.2) is 57.4 Å². The summed E-state index contributed by atoms with van der Waals surface area (Å²) in [6, 6.07) is 3.78. The standard InChI is InChI=1S/C19H22ClF2N7/c1-3-28-4-6-29(7-5-28)16-9-14-12(8-13(16)20)10-23-19(25-14)26-15-11-24-27(2)17(15)18(21)22/h8-11,18H,3-7H2,1-2H3,(H,23,25,26). The zero-order valence-corrected chi connectivity index (χ0v) is 17.0. The number of fused-ring (bicyclic) bond motifs is 1. The van der Waals surface area contributed by atoms with Gasteiger partial charge in [-0.1, -0.05) is 18.5 Å². The molecule has 0 radical (unpaired) electrons. The van der Waals surface area contributed by atoms with Gasteiger partial charge in [0.05, 0.1) is 28.1 Å². The molecule has 1 aliphatic heterocycles. The van der Waals surface area contributed by atoms with Crippen LogP contribution in [0.5, 0.6) is 0 Å². The van der Waals surface area contributed by atoms with E-state index in [2.05, 4.69) is 37.1 Å². The highest BCUT2D eigenvalue weighted by atomic mass is 35.5. The first-order valence-corrected chi connectivity index (χ1v) is 9.84. The highest BCUT2D eigenvalue weighted by Crippen LogP contribution is 2.32. The van der Waals surface area contributed by atoms with Gasteiger partial charge in [-0.3, -0.25) is 4.68 Å². The van der Waals surface area contributed by atoms with Gasteiger partial charge < -0.3 is 15.1 Å². The number of piperazine rings is 1. The van der Waals surface area contributed by atoms with Gasteiger partial charge in [-0.05, 0) is 18.7 Å². The van der Waals surface area contributed by atoms with Crippen LogP contribution in [0, 0.1) is 0 Å². The quantitative estimate of drug-likeness (QED) is 0.675. The van der Waals surface area contributed by atoms with E-state index in [0.717, 1.165) is 48.5 Å². The summed E-state index contributed by atoms with van der Waals surface area (Å²) >= 11 is 6.51. The summed E-state index contributed by atoms with van der Waals surface area (Å²) in [7, 11) is 1.47. The maximum absolute atomic E-state index is 13.3. The Labute approximate surface area is 172 Å². The minimum absolute atomic E-state index is 0.187. The molecule has 10 heteroatoms. The Morgan fingerprint density at radius 1 is 1.17 bits per heavy atom. The Hall–Kier alpha value is -2.52. The second kappa shape index (κ2) is 8.08. The van der Waals surface area contributed by atoms with E-state index in [-0.39, 0.29) is 17.3 Å². The van der Waals surface area contributed by atoms with E-state index in [1.165, 1.54) is 13.2 Å². The lowest BCUT2D eigenvalue weighted by molar-refractivity contribution is 0.141. The SMILES string of the molecule is CCN1CCN(c2cc3nc(Nc4cnn(C)c4C(F)F)ncc3cc2Cl)CC1. The van der Waals surface area contributed by atoms with E-state index in [9.17, 15) is 8.78 Å². The maximum atomic E-state index is 13.3. The molecule has 1 saturated heterocycles. The molecular formula is C19H22ClF2N7. The van der Waals surface area contributed by atoms with Crippen molar-refractivity contribution in [1.29, 1.82) is 0 Å². The van der Waals surface area contributed by atoms with Gasteiger partial charge >= 0.3 is 0 Å². The van der Waals surface area contributed by atoms with Crippen LogP contribution in [0.25, 0.3) is 10.9 Å². The third kappa shape index (κ3) is 3.97. The Bertz CT molecular complexity index is 1020. The molecule has 154 valence electrons. The molecule has 0 saturated carbocycles. The van der Waals surface area contributed by atoms with Crippen molar-refractivity contribution < 1.29 is 8.78 Å². The number of aromatic nitrogens is 4. The maximum Gasteiger partial charge on any atom is 0.282 e. The van der Waals surface area contributed by atoms with E-state index in [0.29, 0.717) is 10.5 Å². The fourth-order valence-electron chi connectivity index (χ4n) is 3.57. The number of halogens is 3. The van der Waals surface area contributed by atoms with E-state index in [1.807, 2.05) is 12.1 Å². The lowest BCUT2D eigenvalue weighted by Gasteiger charge is -2.36. The van der Waals surface area contributed by atoms with Crippen molar-refractivity contribution in [3.8, 4) is 0 Å². The molecule has 0 atom stereocenters. The van der Waals surface area contributed by atoms with Crippen LogP contribution in [0.1, 0.15) is 19.0 Å². The average Bonchev–Trinajstić information content (AvgIpc) is 3.08. The fraction of sp³-hybridized carbons (Fsp3) is 0.421. The number of benzene rings is 1. The predicted octanol–water partition coefficient (Wildman–Crippen LogP) is 3.84. The van der Waals surface area contributed by atoms with Gasteiger partial charge in [-0.25, -0.2) is 18.7 Å². The van der Waals surface area contributed by atoms with Gasteiger partial charge in [0.1, 0.15) is 5.69 Å². The Kier molecular flexibility index (Phi) is 5.51. The third-order valence-corrected chi connectivity index (χ3v) is 5.55. The average molecular weight is 422 g/mol. The number of nitrogens with one attached hydrogen (secondary N) is 1. The van der Waals surface area contributed by atoms with Crippen molar-refractivity contribution in [2.24, 2.45) is 7.05 Å². The molecule has 0 unspecified atom stereocenters. The van der Waals surface area contributed by atoms with E-state index < -0.39 is 6.43 Å². The van der Waals surface area contributed by atoms with Crippen LogP contribution in [0.2, 0.25) is 5.02 Å². The Balaban J connectivity index is 1.63. The number of hydrogen-bond acceptors (Lipinski definition) is 6. The van der Waals surface area contributed by atoms with E-state index in [4.69, 9.17) is 11.6 Å². The van der Waals surface area contributed by atoms with Gasteiger partial charge in [0.15, 0.2) is 0 Å². The number of anilines is 3. The lowest BCUT2D eigenvalue weighted by atomic mass is 10.2. The first-order chi connectivity index (χ1) is 14.0. The first-order valence-electron chi connectivity index (χ1n) is 9.47. The second-order valence-corrected chi connectivity index (χ2v) is 7.38. The summed E-state index contributed by atoms with van der Waals surface area (Å²) in [5, 5.41) is 8.18. The highest BCUT2D eigenvalue weighted by Gasteiger charge is 2.20. The number of likely N-dealkylation sites (N-methyl/N-ethyl adjacent to an activating group) is 1. The lowest BCUT2D eigenvalue weighted by Crippen LogP contribution is -2.46. The molecule has 2 aromatic heterocycles. The molecule has 0 bridgehead atoms. The second-order valence-electron chi connectivity index (χ2n) is 6.97. The molecule has 1 aromatic carbocycles. The van der Waals surface area contributed by atoms with Crippen molar-refractivity contribution in [3.63, 3.8) is 0 Å². The van der Waals surface area contributed by atoms with Crippen LogP contribution in [0.4, 0.5) is 26.1 Å². The van der Waals surface area contributed by atoms with Crippen LogP contribution in [0.3, 0.4) is 0 Å². The topological polar surface area (TPSA) is 62.1 Å². The number of nitrogens with zero attached hydrogens (tertiary/aromatic N) is 6. The largest absolute Gasteiger partial charge is 0.368 e. The number of hydrogen-bond donors (Lipinski definition) is 1. The molecule has 7 nitrogen and oxygen atoms in total. The molecular weight excluding hydrogens is 400 g/mol. The normalized spacial score (nSPS) is 15.4. The minimum atomic E-state index is -2.65. The predicted molar refractivity (Wildman–Crippen MR) is 110 cm³/mol. The summed E-state index contributed by atoms with van der Waals surface area (Å²) in [4.78, 5) is 13.4. The summed E-state index contributed by atoms with van der Waals surface area (Å²) in [6.07, 6.45) is 0.321. The summed E-state index contributed by atoms with van der Waals surface area (Å²) in [5.41, 5.74) is 1.60. The molecule has 3 aromatic rings. The van der Waals surface area contributed by atoms with E-state index >= 15 is 0 Å². The molecule has 29 heavy (non-hydrogen) atoms. The van der Waals surface area contributed by atoms with Crippen LogP contribution in [0.15, 0.2) is 24.5 Å². The van der Waals surface area contributed by atoms with Crippen molar-refractivity contribution >= 4 is 39.8 Å². The van der Waals surface area contributed by atoms with Crippen molar-refractivity contribution in [1.82, 2.24) is 24.6 Å². The smallest absolute Gasteiger partial charge is 0.282 e. The molecule has 1 fully saturated rings. The minimum Gasteiger partial charge on any atom is -0.368 e. The van der Waals surface area contributed by atoms with E-state index in [1.54, 1.807) is 6.20 Å². The Morgan fingerprint density at radius 3 is 2.62 bits per heavy atom. The Morgan fingerprint density at radius 2 is 1.93 bits per heavy atom. The van der Waals surface area contributed by atoms with Gasteiger partial charge in [-0.15, -0.1) is 0 Å². The molecule has 1 aliphatic rings. The van der Waals surface area contributed by atoms with Crippen LogP contribution >= 0.6 is 11.6 Å². The number of aryl methyl sites for hydroxylation is 1. The third-order valence-electron chi connectivity index (χ3n) is 5.25. The van der Waals surface area contributed by atoms with Gasteiger partial charge in [0.2, 0.25) is 5.95 Å². The van der Waals surface area contributed by atoms with Crippen molar-refractivity contribution in [2.75, 3.05) is 42.9 Å². The highest BCUT2D eigenvalue weighted by molar-refractivity contribution is 6.34. The van der Waals surface area contributed by atoms with Crippen molar-refractivity contribution in [3.05, 3.63) is 35.2 Å². The molecule has 0 amide bonds. The molecule has 1 N–H and O–H groups in total. The van der Waals surface area contributed by atoms with Gasteiger partial charge in [-0.2, -0.15) is 5.10 Å². The molecule has 4 rings (SSSR count). The van der Waals surface area contributed by atoms with Crippen molar-refractivity contribution in [2.45, 2.75) is 13.3 Å². The monoisotopic (exact) mass is 421 g/mol.